The predicted molar refractivity (Wildman–Crippen MR) is 235 cm³/mol. The summed E-state index contributed by atoms with van der Waals surface area (Å²) in [6.45, 7) is 6.58. The van der Waals surface area contributed by atoms with Gasteiger partial charge in [0.1, 0.15) is 36.0 Å². The highest BCUT2D eigenvalue weighted by molar-refractivity contribution is 5.97. The summed E-state index contributed by atoms with van der Waals surface area (Å²) in [6.07, 6.45) is -2.20. The van der Waals surface area contributed by atoms with Crippen LogP contribution in [0.4, 0.5) is 13.2 Å². The molecule has 8 atom stereocenters. The summed E-state index contributed by atoms with van der Waals surface area (Å²) < 4.78 is 41.8. The number of nitrogens with one attached hydrogen (secondary N) is 6. The van der Waals surface area contributed by atoms with Crippen molar-refractivity contribution in [3.63, 3.8) is 0 Å². The van der Waals surface area contributed by atoms with Crippen LogP contribution in [0.3, 0.4) is 0 Å². The van der Waals surface area contributed by atoms with Gasteiger partial charge in [-0.25, -0.2) is 9.78 Å². The van der Waals surface area contributed by atoms with Crippen LogP contribution in [0, 0.1) is 11.8 Å². The Morgan fingerprint density at radius 2 is 1.57 bits per heavy atom. The Balaban J connectivity index is 1.98. The molecule has 25 heteroatoms. The zero-order chi connectivity index (χ0) is 50.2. The average molecular weight is 953 g/mol. The van der Waals surface area contributed by atoms with Crippen molar-refractivity contribution in [3.05, 3.63) is 47.5 Å². The Morgan fingerprint density at radius 1 is 0.925 bits per heavy atom. The number of phenols is 1. The molecule has 1 aromatic heterocycles. The van der Waals surface area contributed by atoms with Crippen LogP contribution >= 0.6 is 0 Å². The molecule has 0 saturated carbocycles. The molecular formula is C42H63F3N12O10. The molecule has 2 heterocycles. The maximum atomic E-state index is 14.4. The quantitative estimate of drug-likeness (QED) is 0.0320. The Labute approximate surface area is 384 Å². The van der Waals surface area contributed by atoms with Crippen LogP contribution < -0.4 is 43.8 Å². The standard InChI is InChI=1S/C42H63F3N12O10/c1-5-22(4)34(38(64)54-29(17-25-19-49-20-52-25)39(65)57-13-7-9-30(57)40(66)67)56-36(62)28(15-23-10-11-31(58)26(14-23)42(43,44)45)53-37(63)33(21(2)3)55-35(61)27(8-6-12-50-41(47)48)51-18-24(46)16-32(59)60/h10-11,14,19-22,24,27-30,33-34,51,58H,5-9,12-13,15-18,46H2,1-4H3,(H,49,52)(H,53,63)(H,54,64)(H,55,61)(H,56,62)(H,59,60)(H,66,67)(H4,47,48,50)/t22-,24-,27-,28-,29-,30-,33-,34-/m0/s1. The molecule has 0 bridgehead atoms. The van der Waals surface area contributed by atoms with Crippen molar-refractivity contribution in [1.29, 1.82) is 0 Å². The number of halogens is 3. The zero-order valence-corrected chi connectivity index (χ0v) is 37.8. The molecule has 0 unspecified atom stereocenters. The van der Waals surface area contributed by atoms with Gasteiger partial charge in [-0.3, -0.25) is 33.8 Å². The van der Waals surface area contributed by atoms with Crippen LogP contribution in [-0.4, -0.2) is 140 Å². The van der Waals surface area contributed by atoms with Gasteiger partial charge in [0.15, 0.2) is 5.96 Å². The molecule has 22 nitrogen and oxygen atoms in total. The van der Waals surface area contributed by atoms with Crippen LogP contribution in [0.5, 0.6) is 5.75 Å². The number of carbonyl (C=O) groups excluding carboxylic acids is 5. The SMILES string of the molecule is CC[C@H](C)[C@H](NC(=O)[C@H](Cc1ccc(O)c(C(F)(F)F)c1)NC(=O)[C@@H](NC(=O)[C@H](CCCN=C(N)N)NC[C@@H](N)CC(=O)O)C(C)C)C(=O)N[C@@H](Cc1cnc[nH]1)C(=O)N1CCC[C@H]1C(=O)O. The van der Waals surface area contributed by atoms with Gasteiger partial charge >= 0.3 is 18.1 Å². The van der Waals surface area contributed by atoms with E-state index in [0.29, 0.717) is 18.2 Å². The van der Waals surface area contributed by atoms with E-state index < -0.39 is 126 Å². The highest BCUT2D eigenvalue weighted by Gasteiger charge is 2.40. The number of aliphatic imine (C=N–C) groups is 1. The number of nitrogens with two attached hydrogens (primary N) is 3. The lowest BCUT2D eigenvalue weighted by molar-refractivity contribution is -0.149. The van der Waals surface area contributed by atoms with Gasteiger partial charge < -0.3 is 69.0 Å². The van der Waals surface area contributed by atoms with E-state index in [-0.39, 0.29) is 63.3 Å². The largest absolute Gasteiger partial charge is 0.507 e. The first-order valence-corrected chi connectivity index (χ1v) is 21.8. The number of hydrogen-bond donors (Lipinski definition) is 12. The summed E-state index contributed by atoms with van der Waals surface area (Å²) >= 11 is 0. The first-order valence-electron chi connectivity index (χ1n) is 21.8. The molecule has 1 aliphatic rings. The topological polar surface area (TPSA) is 363 Å². The molecule has 5 amide bonds. The third-order valence-corrected chi connectivity index (χ3v) is 11.2. The van der Waals surface area contributed by atoms with E-state index >= 15 is 0 Å². The number of aromatic hydroxyl groups is 1. The van der Waals surface area contributed by atoms with Crippen LogP contribution in [0.15, 0.2) is 35.7 Å². The molecule has 3 rings (SSSR count). The second-order valence-electron chi connectivity index (χ2n) is 16.9. The summed E-state index contributed by atoms with van der Waals surface area (Å²) in [5, 5.41) is 42.3. The lowest BCUT2D eigenvalue weighted by Crippen LogP contribution is -2.61. The van der Waals surface area contributed by atoms with E-state index in [1.165, 1.54) is 12.5 Å². The fourth-order valence-electron chi connectivity index (χ4n) is 7.37. The number of carboxylic acids is 2. The molecule has 2 aromatic rings. The molecule has 0 spiro atoms. The molecular weight excluding hydrogens is 890 g/mol. The number of aliphatic carboxylic acids is 2. The maximum absolute atomic E-state index is 14.4. The number of alkyl halides is 3. The minimum atomic E-state index is -5.01. The Bertz CT molecular complexity index is 2050. The number of carbonyl (C=O) groups is 7. The van der Waals surface area contributed by atoms with Gasteiger partial charge in [0.25, 0.3) is 0 Å². The monoisotopic (exact) mass is 952 g/mol. The number of guanidine groups is 1. The minimum Gasteiger partial charge on any atom is -0.507 e. The fourth-order valence-corrected chi connectivity index (χ4v) is 7.37. The molecule has 1 aliphatic heterocycles. The lowest BCUT2D eigenvalue weighted by Gasteiger charge is -2.31. The number of amides is 5. The number of aromatic amines is 1. The van der Waals surface area contributed by atoms with E-state index in [2.05, 4.69) is 41.5 Å². The van der Waals surface area contributed by atoms with Gasteiger partial charge in [-0.2, -0.15) is 13.2 Å². The van der Waals surface area contributed by atoms with Gasteiger partial charge in [-0.1, -0.05) is 40.2 Å². The number of nitrogens with zero attached hydrogens (tertiary/aromatic N) is 3. The third-order valence-electron chi connectivity index (χ3n) is 11.2. The van der Waals surface area contributed by atoms with E-state index in [4.69, 9.17) is 22.3 Å². The lowest BCUT2D eigenvalue weighted by atomic mass is 9.95. The van der Waals surface area contributed by atoms with Gasteiger partial charge in [-0.15, -0.1) is 0 Å². The number of rotatable bonds is 26. The molecule has 0 aliphatic carbocycles. The number of phenolic OH excluding ortho intramolecular Hbond substituents is 1. The van der Waals surface area contributed by atoms with Crippen molar-refractivity contribution in [2.24, 2.45) is 34.0 Å². The predicted octanol–water partition coefficient (Wildman–Crippen LogP) is -0.550. The molecule has 15 N–H and O–H groups in total. The number of imidazole rings is 1. The average Bonchev–Trinajstić information content (AvgIpc) is 3.96. The number of likely N-dealkylation sites (tertiary alicyclic amines) is 1. The highest BCUT2D eigenvalue weighted by atomic mass is 19.4. The molecule has 1 saturated heterocycles. The van der Waals surface area contributed by atoms with Crippen molar-refractivity contribution in [2.45, 2.75) is 128 Å². The van der Waals surface area contributed by atoms with Gasteiger partial charge in [-0.05, 0) is 55.2 Å². The first kappa shape index (κ1) is 54.8. The second kappa shape index (κ2) is 25.4. The normalized spacial score (nSPS) is 17.0. The molecule has 372 valence electrons. The van der Waals surface area contributed by atoms with E-state index in [1.54, 1.807) is 27.7 Å². The van der Waals surface area contributed by atoms with E-state index in [1.807, 2.05) is 0 Å². The highest BCUT2D eigenvalue weighted by Crippen LogP contribution is 2.36. The minimum absolute atomic E-state index is 0.0911. The number of carboxylic acid groups (broad SMARTS) is 2. The van der Waals surface area contributed by atoms with E-state index in [9.17, 15) is 56.9 Å². The number of H-pyrrole nitrogens is 1. The van der Waals surface area contributed by atoms with Gasteiger partial charge in [0, 0.05) is 50.4 Å². The number of benzene rings is 1. The summed E-state index contributed by atoms with van der Waals surface area (Å²) in [5.74, 6) is -9.30. The second-order valence-corrected chi connectivity index (χ2v) is 16.9. The van der Waals surface area contributed by atoms with Crippen LogP contribution in [0.1, 0.15) is 83.0 Å². The Morgan fingerprint density at radius 3 is 2.15 bits per heavy atom. The van der Waals surface area contributed by atoms with Crippen LogP contribution in [-0.2, 0) is 52.6 Å². The van der Waals surface area contributed by atoms with Gasteiger partial charge in [0.2, 0.25) is 29.5 Å². The Kier molecular flexibility index (Phi) is 20.8. The maximum Gasteiger partial charge on any atom is 0.419 e. The number of aromatic nitrogens is 2. The van der Waals surface area contributed by atoms with Crippen molar-refractivity contribution in [2.75, 3.05) is 19.6 Å². The third kappa shape index (κ3) is 17.0. The summed E-state index contributed by atoms with van der Waals surface area (Å²) in [4.78, 5) is 106. The number of hydrogen-bond acceptors (Lipinski definition) is 12. The smallest absolute Gasteiger partial charge is 0.419 e. The van der Waals surface area contributed by atoms with Crippen molar-refractivity contribution in [3.8, 4) is 5.75 Å². The van der Waals surface area contributed by atoms with Crippen molar-refractivity contribution < 1.29 is 62.1 Å². The molecule has 1 fully saturated rings. The van der Waals surface area contributed by atoms with Crippen LogP contribution in [0.25, 0.3) is 0 Å². The molecule has 67 heavy (non-hydrogen) atoms. The van der Waals surface area contributed by atoms with Crippen molar-refractivity contribution >= 4 is 47.4 Å². The summed E-state index contributed by atoms with van der Waals surface area (Å²) in [7, 11) is 0. The Hall–Kier alpha value is -6.50. The summed E-state index contributed by atoms with van der Waals surface area (Å²) in [6, 6.07) is -6.47. The fraction of sp³-hybridized carbons (Fsp3) is 0.595. The van der Waals surface area contributed by atoms with Crippen molar-refractivity contribution in [1.82, 2.24) is 41.5 Å². The van der Waals surface area contributed by atoms with Gasteiger partial charge in [0.05, 0.1) is 24.4 Å². The molecule has 0 radical (unpaired) electrons. The first-order chi connectivity index (χ1) is 31.4. The summed E-state index contributed by atoms with van der Waals surface area (Å²) in [5.41, 5.74) is 15.6. The van der Waals surface area contributed by atoms with Crippen LogP contribution in [0.2, 0.25) is 0 Å². The molecule has 1 aromatic carbocycles. The van der Waals surface area contributed by atoms with E-state index in [0.717, 1.165) is 17.0 Å². The zero-order valence-electron chi connectivity index (χ0n) is 37.8.